The molecular formula is C16H19Cl2N3O2. The molecule has 0 bridgehead atoms. The first-order valence-corrected chi connectivity index (χ1v) is 8.52. The molecule has 23 heavy (non-hydrogen) atoms. The molecule has 1 aliphatic carbocycles. The van der Waals surface area contributed by atoms with Gasteiger partial charge in [0.15, 0.2) is 0 Å². The van der Waals surface area contributed by atoms with Gasteiger partial charge in [-0.05, 0) is 43.4 Å². The number of rotatable bonds is 5. The molecule has 2 aliphatic rings. The van der Waals surface area contributed by atoms with Gasteiger partial charge in [-0.3, -0.25) is 9.59 Å². The Labute approximate surface area is 145 Å². The van der Waals surface area contributed by atoms with E-state index in [1.807, 2.05) is 0 Å². The van der Waals surface area contributed by atoms with Gasteiger partial charge in [0.25, 0.3) is 0 Å². The van der Waals surface area contributed by atoms with E-state index in [9.17, 15) is 9.59 Å². The number of carbonyl (C=O) groups is 2. The Morgan fingerprint density at radius 2 is 2.04 bits per heavy atom. The van der Waals surface area contributed by atoms with Crippen molar-refractivity contribution in [1.29, 1.82) is 0 Å². The fourth-order valence-electron chi connectivity index (χ4n) is 2.87. The first kappa shape index (κ1) is 16.6. The number of carbonyl (C=O) groups excluding carboxylic acids is 2. The average molecular weight is 356 g/mol. The molecule has 0 aromatic heterocycles. The molecule has 2 unspecified atom stereocenters. The number of benzene rings is 1. The number of anilines is 1. The maximum atomic E-state index is 12.5. The molecule has 1 aliphatic heterocycles. The monoisotopic (exact) mass is 355 g/mol. The molecule has 3 N–H and O–H groups in total. The number of nitrogens with two attached hydrogens (primary N) is 1. The zero-order chi connectivity index (χ0) is 16.6. The molecule has 1 aromatic carbocycles. The van der Waals surface area contributed by atoms with E-state index < -0.39 is 5.92 Å². The van der Waals surface area contributed by atoms with E-state index in [0.717, 1.165) is 12.8 Å². The highest BCUT2D eigenvalue weighted by Crippen LogP contribution is 2.32. The molecule has 1 saturated carbocycles. The van der Waals surface area contributed by atoms with Crippen molar-refractivity contribution in [2.24, 2.45) is 17.6 Å². The van der Waals surface area contributed by atoms with E-state index in [1.165, 1.54) is 0 Å². The summed E-state index contributed by atoms with van der Waals surface area (Å²) >= 11 is 11.9. The Morgan fingerprint density at radius 3 is 2.70 bits per heavy atom. The lowest BCUT2D eigenvalue weighted by molar-refractivity contribution is -0.132. The fourth-order valence-corrected chi connectivity index (χ4v) is 3.16. The van der Waals surface area contributed by atoms with Gasteiger partial charge < -0.3 is 16.0 Å². The van der Waals surface area contributed by atoms with Gasteiger partial charge >= 0.3 is 0 Å². The van der Waals surface area contributed by atoms with Crippen LogP contribution in [0.15, 0.2) is 18.2 Å². The van der Waals surface area contributed by atoms with Crippen LogP contribution in [0.3, 0.4) is 0 Å². The van der Waals surface area contributed by atoms with E-state index in [-0.39, 0.29) is 17.9 Å². The standard InChI is InChI=1S/C16H19Cl2N3O2/c17-12-4-3-10(7-13(12)18)21-6-5-11(16(21)23)15(22)20-8-14(19)9-1-2-9/h3-4,7,9,11,14H,1-2,5-6,8,19H2,(H,20,22). The smallest absolute Gasteiger partial charge is 0.239 e. The topological polar surface area (TPSA) is 75.4 Å². The van der Waals surface area contributed by atoms with Crippen LogP contribution in [-0.4, -0.2) is 30.9 Å². The number of nitrogens with one attached hydrogen (secondary N) is 1. The van der Waals surface area contributed by atoms with E-state index >= 15 is 0 Å². The number of hydrogen-bond donors (Lipinski definition) is 2. The Balaban J connectivity index is 1.61. The molecule has 2 amide bonds. The lowest BCUT2D eigenvalue weighted by Gasteiger charge is -2.18. The Hall–Kier alpha value is -1.30. The summed E-state index contributed by atoms with van der Waals surface area (Å²) in [6.45, 7) is 0.920. The predicted octanol–water partition coefficient (Wildman–Crippen LogP) is 2.20. The summed E-state index contributed by atoms with van der Waals surface area (Å²) in [6.07, 6.45) is 2.75. The minimum Gasteiger partial charge on any atom is -0.354 e. The lowest BCUT2D eigenvalue weighted by atomic mass is 10.1. The van der Waals surface area contributed by atoms with Gasteiger partial charge in [0.05, 0.1) is 10.0 Å². The summed E-state index contributed by atoms with van der Waals surface area (Å²) in [6, 6.07) is 5.01. The van der Waals surface area contributed by atoms with E-state index in [0.29, 0.717) is 41.2 Å². The normalized spacial score (nSPS) is 22.3. The van der Waals surface area contributed by atoms with Crippen molar-refractivity contribution < 1.29 is 9.59 Å². The van der Waals surface area contributed by atoms with Crippen LogP contribution in [0.1, 0.15) is 19.3 Å². The zero-order valence-corrected chi connectivity index (χ0v) is 14.1. The average Bonchev–Trinajstić information content (AvgIpc) is 3.30. The zero-order valence-electron chi connectivity index (χ0n) is 12.6. The van der Waals surface area contributed by atoms with Gasteiger partial charge in [0.1, 0.15) is 5.92 Å². The van der Waals surface area contributed by atoms with Crippen molar-refractivity contribution in [2.45, 2.75) is 25.3 Å². The van der Waals surface area contributed by atoms with Crippen LogP contribution < -0.4 is 16.0 Å². The second-order valence-corrected chi connectivity index (χ2v) is 6.99. The van der Waals surface area contributed by atoms with Crippen molar-refractivity contribution >= 4 is 40.7 Å². The first-order valence-electron chi connectivity index (χ1n) is 7.77. The summed E-state index contributed by atoms with van der Waals surface area (Å²) < 4.78 is 0. The maximum Gasteiger partial charge on any atom is 0.239 e. The summed E-state index contributed by atoms with van der Waals surface area (Å²) in [5.41, 5.74) is 6.63. The molecule has 2 atom stereocenters. The molecule has 5 nitrogen and oxygen atoms in total. The Bertz CT molecular complexity index is 634. The third kappa shape index (κ3) is 3.62. The van der Waals surface area contributed by atoms with Crippen LogP contribution in [0.5, 0.6) is 0 Å². The minimum atomic E-state index is -0.657. The number of nitrogens with zero attached hydrogens (tertiary/aromatic N) is 1. The van der Waals surface area contributed by atoms with Crippen LogP contribution in [0.2, 0.25) is 10.0 Å². The van der Waals surface area contributed by atoms with Gasteiger partial charge in [-0.25, -0.2) is 0 Å². The molecule has 124 valence electrons. The predicted molar refractivity (Wildman–Crippen MR) is 90.6 cm³/mol. The number of halogens is 2. The highest BCUT2D eigenvalue weighted by Gasteiger charge is 2.38. The van der Waals surface area contributed by atoms with Crippen LogP contribution in [0.4, 0.5) is 5.69 Å². The number of hydrogen-bond acceptors (Lipinski definition) is 3. The molecule has 0 spiro atoms. The molecule has 0 radical (unpaired) electrons. The van der Waals surface area contributed by atoms with Crippen molar-refractivity contribution in [3.63, 3.8) is 0 Å². The highest BCUT2D eigenvalue weighted by molar-refractivity contribution is 6.42. The van der Waals surface area contributed by atoms with Crippen molar-refractivity contribution in [3.05, 3.63) is 28.2 Å². The van der Waals surface area contributed by atoms with Gasteiger partial charge in [0.2, 0.25) is 11.8 Å². The molecule has 3 rings (SSSR count). The van der Waals surface area contributed by atoms with Gasteiger partial charge in [-0.2, -0.15) is 0 Å². The minimum absolute atomic E-state index is 0.0124. The second kappa shape index (κ2) is 6.67. The van der Waals surface area contributed by atoms with Crippen LogP contribution in [0, 0.1) is 11.8 Å². The Kier molecular flexibility index (Phi) is 4.80. The largest absolute Gasteiger partial charge is 0.354 e. The molecule has 2 fully saturated rings. The molecule has 7 heteroatoms. The van der Waals surface area contributed by atoms with Crippen LogP contribution >= 0.6 is 23.2 Å². The van der Waals surface area contributed by atoms with Crippen molar-refractivity contribution in [1.82, 2.24) is 5.32 Å². The highest BCUT2D eigenvalue weighted by atomic mass is 35.5. The Morgan fingerprint density at radius 1 is 1.30 bits per heavy atom. The van der Waals surface area contributed by atoms with Crippen molar-refractivity contribution in [3.8, 4) is 0 Å². The molecule has 1 aromatic rings. The van der Waals surface area contributed by atoms with Crippen LogP contribution in [0.25, 0.3) is 0 Å². The fraction of sp³-hybridized carbons (Fsp3) is 0.500. The van der Waals surface area contributed by atoms with Gasteiger partial charge in [-0.15, -0.1) is 0 Å². The van der Waals surface area contributed by atoms with Gasteiger partial charge in [-0.1, -0.05) is 23.2 Å². The summed E-state index contributed by atoms with van der Waals surface area (Å²) in [7, 11) is 0. The summed E-state index contributed by atoms with van der Waals surface area (Å²) in [5.74, 6) is -0.590. The van der Waals surface area contributed by atoms with E-state index in [1.54, 1.807) is 23.1 Å². The van der Waals surface area contributed by atoms with E-state index in [4.69, 9.17) is 28.9 Å². The first-order chi connectivity index (χ1) is 11.0. The number of amides is 2. The maximum absolute atomic E-state index is 12.5. The third-order valence-electron chi connectivity index (χ3n) is 4.48. The van der Waals surface area contributed by atoms with Crippen molar-refractivity contribution in [2.75, 3.05) is 18.0 Å². The lowest BCUT2D eigenvalue weighted by Crippen LogP contribution is -2.43. The SMILES string of the molecule is NC(CNC(=O)C1CCN(c2ccc(Cl)c(Cl)c2)C1=O)C1CC1. The summed E-state index contributed by atoms with van der Waals surface area (Å²) in [5, 5.41) is 3.63. The molecule has 1 saturated heterocycles. The second-order valence-electron chi connectivity index (χ2n) is 6.18. The quantitative estimate of drug-likeness (QED) is 0.795. The molecule has 1 heterocycles. The molecular weight excluding hydrogens is 337 g/mol. The van der Waals surface area contributed by atoms with Gasteiger partial charge in [0, 0.05) is 24.8 Å². The van der Waals surface area contributed by atoms with E-state index in [2.05, 4.69) is 5.32 Å². The summed E-state index contributed by atoms with van der Waals surface area (Å²) in [4.78, 5) is 26.3. The third-order valence-corrected chi connectivity index (χ3v) is 5.22. The van der Waals surface area contributed by atoms with Crippen LogP contribution in [-0.2, 0) is 9.59 Å².